The van der Waals surface area contributed by atoms with Crippen LogP contribution in [-0.2, 0) is 4.74 Å². The van der Waals surface area contributed by atoms with Crippen molar-refractivity contribution in [3.05, 3.63) is 0 Å². The largest absolute Gasteiger partial charge is 0.378 e. The molecular weight excluding hydrogens is 200 g/mol. The third-order valence-corrected chi connectivity index (χ3v) is 3.58. The van der Waals surface area contributed by atoms with Gasteiger partial charge in [0.05, 0.1) is 6.10 Å². The summed E-state index contributed by atoms with van der Waals surface area (Å²) in [6, 6.07) is 0.675. The molecular formula is C13H28N2O. The van der Waals surface area contributed by atoms with Crippen LogP contribution in [0.1, 0.15) is 40.0 Å². The zero-order valence-electron chi connectivity index (χ0n) is 11.2. The van der Waals surface area contributed by atoms with Crippen molar-refractivity contribution in [2.24, 2.45) is 0 Å². The molecule has 1 saturated heterocycles. The van der Waals surface area contributed by atoms with Crippen molar-refractivity contribution in [2.75, 3.05) is 32.8 Å². The van der Waals surface area contributed by atoms with Gasteiger partial charge in [0.15, 0.2) is 0 Å². The Labute approximate surface area is 101 Å². The van der Waals surface area contributed by atoms with Crippen molar-refractivity contribution in [3.8, 4) is 0 Å². The highest BCUT2D eigenvalue weighted by atomic mass is 16.5. The first-order valence-electron chi connectivity index (χ1n) is 6.87. The van der Waals surface area contributed by atoms with E-state index in [2.05, 4.69) is 31.0 Å². The molecule has 1 heterocycles. The lowest BCUT2D eigenvalue weighted by Gasteiger charge is -2.30. The molecule has 0 aliphatic carbocycles. The Morgan fingerprint density at radius 1 is 1.25 bits per heavy atom. The molecule has 96 valence electrons. The summed E-state index contributed by atoms with van der Waals surface area (Å²) >= 11 is 0. The Bertz CT molecular complexity index is 171. The summed E-state index contributed by atoms with van der Waals surface area (Å²) in [5.41, 5.74) is 0. The normalized spacial score (nSPS) is 26.2. The third-order valence-electron chi connectivity index (χ3n) is 3.58. The van der Waals surface area contributed by atoms with E-state index in [0.717, 1.165) is 32.7 Å². The fourth-order valence-electron chi connectivity index (χ4n) is 2.32. The van der Waals surface area contributed by atoms with Gasteiger partial charge < -0.3 is 15.0 Å². The summed E-state index contributed by atoms with van der Waals surface area (Å²) in [5, 5.41) is 3.66. The van der Waals surface area contributed by atoms with E-state index in [-0.39, 0.29) is 0 Å². The van der Waals surface area contributed by atoms with Crippen LogP contribution in [0.5, 0.6) is 0 Å². The number of likely N-dealkylation sites (N-methyl/N-ethyl adjacent to an activating group) is 1. The molecule has 2 atom stereocenters. The minimum absolute atomic E-state index is 0.486. The molecule has 16 heavy (non-hydrogen) atoms. The van der Waals surface area contributed by atoms with Gasteiger partial charge in [0.25, 0.3) is 0 Å². The van der Waals surface area contributed by atoms with Gasteiger partial charge in [-0.05, 0) is 32.4 Å². The lowest BCUT2D eigenvalue weighted by Crippen LogP contribution is -2.42. The average molecular weight is 228 g/mol. The first-order chi connectivity index (χ1) is 7.80. The number of ether oxygens (including phenoxy) is 1. The topological polar surface area (TPSA) is 24.5 Å². The van der Waals surface area contributed by atoms with Crippen LogP contribution in [0.25, 0.3) is 0 Å². The SMILES string of the molecule is CCC1CC(NCCN(CC)CC)CCO1. The Balaban J connectivity index is 2.12. The lowest BCUT2D eigenvalue weighted by atomic mass is 10.0. The molecule has 0 aromatic rings. The van der Waals surface area contributed by atoms with Crippen LogP contribution in [0.4, 0.5) is 0 Å². The molecule has 1 aliphatic rings. The van der Waals surface area contributed by atoms with E-state index in [1.807, 2.05) is 0 Å². The molecule has 0 radical (unpaired) electrons. The van der Waals surface area contributed by atoms with Crippen LogP contribution in [0.2, 0.25) is 0 Å². The molecule has 1 rings (SSSR count). The average Bonchev–Trinajstić information content (AvgIpc) is 2.35. The second-order valence-electron chi connectivity index (χ2n) is 4.60. The molecule has 3 nitrogen and oxygen atoms in total. The first-order valence-corrected chi connectivity index (χ1v) is 6.87. The van der Waals surface area contributed by atoms with E-state index in [0.29, 0.717) is 12.1 Å². The Morgan fingerprint density at radius 3 is 2.62 bits per heavy atom. The number of nitrogens with zero attached hydrogens (tertiary/aromatic N) is 1. The summed E-state index contributed by atoms with van der Waals surface area (Å²) in [6.07, 6.45) is 4.00. The van der Waals surface area contributed by atoms with Crippen LogP contribution in [0.15, 0.2) is 0 Å². The van der Waals surface area contributed by atoms with Gasteiger partial charge in [-0.15, -0.1) is 0 Å². The van der Waals surface area contributed by atoms with Crippen molar-refractivity contribution in [1.82, 2.24) is 10.2 Å². The number of hydrogen-bond donors (Lipinski definition) is 1. The molecule has 0 aromatic carbocycles. The second-order valence-corrected chi connectivity index (χ2v) is 4.60. The van der Waals surface area contributed by atoms with Crippen molar-refractivity contribution in [1.29, 1.82) is 0 Å². The van der Waals surface area contributed by atoms with Gasteiger partial charge >= 0.3 is 0 Å². The number of nitrogens with one attached hydrogen (secondary N) is 1. The Morgan fingerprint density at radius 2 is 2.00 bits per heavy atom. The highest BCUT2D eigenvalue weighted by molar-refractivity contribution is 4.76. The molecule has 1 fully saturated rings. The predicted octanol–water partition coefficient (Wildman–Crippen LogP) is 1.88. The summed E-state index contributed by atoms with van der Waals surface area (Å²) < 4.78 is 5.68. The van der Waals surface area contributed by atoms with E-state index >= 15 is 0 Å². The molecule has 0 spiro atoms. The molecule has 3 heteroatoms. The van der Waals surface area contributed by atoms with Gasteiger partial charge in [-0.25, -0.2) is 0 Å². The van der Waals surface area contributed by atoms with E-state index in [1.54, 1.807) is 0 Å². The fourth-order valence-corrected chi connectivity index (χ4v) is 2.32. The standard InChI is InChI=1S/C13H28N2O/c1-4-13-11-12(7-10-16-13)14-8-9-15(5-2)6-3/h12-14H,4-11H2,1-3H3. The van der Waals surface area contributed by atoms with Gasteiger partial charge in [-0.3, -0.25) is 0 Å². The van der Waals surface area contributed by atoms with E-state index in [9.17, 15) is 0 Å². The van der Waals surface area contributed by atoms with E-state index in [1.165, 1.54) is 19.4 Å². The minimum atomic E-state index is 0.486. The third kappa shape index (κ3) is 4.81. The molecule has 1 N–H and O–H groups in total. The monoisotopic (exact) mass is 228 g/mol. The molecule has 0 amide bonds. The van der Waals surface area contributed by atoms with Crippen LogP contribution in [-0.4, -0.2) is 49.8 Å². The van der Waals surface area contributed by atoms with Crippen LogP contribution >= 0.6 is 0 Å². The van der Waals surface area contributed by atoms with Crippen molar-refractivity contribution in [2.45, 2.75) is 52.2 Å². The number of hydrogen-bond acceptors (Lipinski definition) is 3. The van der Waals surface area contributed by atoms with Gasteiger partial charge in [0, 0.05) is 25.7 Å². The van der Waals surface area contributed by atoms with Gasteiger partial charge in [-0.2, -0.15) is 0 Å². The van der Waals surface area contributed by atoms with Crippen LogP contribution < -0.4 is 5.32 Å². The van der Waals surface area contributed by atoms with Crippen LogP contribution in [0.3, 0.4) is 0 Å². The first kappa shape index (κ1) is 13.9. The maximum atomic E-state index is 5.68. The summed E-state index contributed by atoms with van der Waals surface area (Å²) in [7, 11) is 0. The zero-order chi connectivity index (χ0) is 11.8. The Kier molecular flexibility index (Phi) is 7.01. The quantitative estimate of drug-likeness (QED) is 0.720. The van der Waals surface area contributed by atoms with Gasteiger partial charge in [-0.1, -0.05) is 20.8 Å². The summed E-state index contributed by atoms with van der Waals surface area (Å²) in [6.45, 7) is 12.2. The van der Waals surface area contributed by atoms with Crippen LogP contribution in [0, 0.1) is 0 Å². The van der Waals surface area contributed by atoms with Crippen molar-refractivity contribution >= 4 is 0 Å². The maximum Gasteiger partial charge on any atom is 0.0587 e. The molecule has 1 aliphatic heterocycles. The molecule has 0 saturated carbocycles. The number of rotatable bonds is 7. The zero-order valence-corrected chi connectivity index (χ0v) is 11.2. The smallest absolute Gasteiger partial charge is 0.0587 e. The van der Waals surface area contributed by atoms with E-state index < -0.39 is 0 Å². The van der Waals surface area contributed by atoms with Gasteiger partial charge in [0.1, 0.15) is 0 Å². The second kappa shape index (κ2) is 8.04. The predicted molar refractivity (Wildman–Crippen MR) is 68.8 cm³/mol. The lowest BCUT2D eigenvalue weighted by molar-refractivity contribution is -0.000254. The summed E-state index contributed by atoms with van der Waals surface area (Å²) in [5.74, 6) is 0. The summed E-state index contributed by atoms with van der Waals surface area (Å²) in [4.78, 5) is 2.46. The molecule has 0 aromatic heterocycles. The molecule has 2 unspecified atom stereocenters. The minimum Gasteiger partial charge on any atom is -0.378 e. The highest BCUT2D eigenvalue weighted by Gasteiger charge is 2.20. The van der Waals surface area contributed by atoms with Gasteiger partial charge in [0.2, 0.25) is 0 Å². The van der Waals surface area contributed by atoms with E-state index in [4.69, 9.17) is 4.74 Å². The Hall–Kier alpha value is -0.120. The van der Waals surface area contributed by atoms with Crippen molar-refractivity contribution in [3.63, 3.8) is 0 Å². The molecule has 0 bridgehead atoms. The fraction of sp³-hybridized carbons (Fsp3) is 1.00. The van der Waals surface area contributed by atoms with Crippen molar-refractivity contribution < 1.29 is 4.74 Å². The highest BCUT2D eigenvalue weighted by Crippen LogP contribution is 2.15. The maximum absolute atomic E-state index is 5.68.